The first-order chi connectivity index (χ1) is 18.6. The summed E-state index contributed by atoms with van der Waals surface area (Å²) in [4.78, 5) is 36.9. The number of amides is 2. The van der Waals surface area contributed by atoms with Crippen molar-refractivity contribution in [3.63, 3.8) is 0 Å². The summed E-state index contributed by atoms with van der Waals surface area (Å²) >= 11 is 0. The van der Waals surface area contributed by atoms with Crippen LogP contribution in [0.1, 0.15) is 74.2 Å². The SMILES string of the molecule is CC(=O)N1CCCCCCCCN(C2CCN(C(=O)c3ccc4ncccc4c3)CC2)Cc2ccccc21. The molecule has 200 valence electrons. The summed E-state index contributed by atoms with van der Waals surface area (Å²) in [6, 6.07) is 18.6. The van der Waals surface area contributed by atoms with Gasteiger partial charge in [0.15, 0.2) is 0 Å². The lowest BCUT2D eigenvalue weighted by atomic mass is 9.99. The van der Waals surface area contributed by atoms with Crippen LogP contribution in [-0.2, 0) is 11.3 Å². The van der Waals surface area contributed by atoms with Crippen molar-refractivity contribution < 1.29 is 9.59 Å². The number of anilines is 1. The summed E-state index contributed by atoms with van der Waals surface area (Å²) in [5, 5.41) is 1.00. The molecule has 1 aromatic heterocycles. The number of rotatable bonds is 2. The van der Waals surface area contributed by atoms with Crippen LogP contribution in [0.15, 0.2) is 60.8 Å². The third-order valence-corrected chi connectivity index (χ3v) is 8.23. The van der Waals surface area contributed by atoms with Crippen LogP contribution < -0.4 is 4.90 Å². The highest BCUT2D eigenvalue weighted by molar-refractivity contribution is 5.98. The molecule has 38 heavy (non-hydrogen) atoms. The molecule has 6 nitrogen and oxygen atoms in total. The molecule has 0 aliphatic carbocycles. The second-order valence-electron chi connectivity index (χ2n) is 10.8. The molecule has 5 rings (SSSR count). The highest BCUT2D eigenvalue weighted by Crippen LogP contribution is 2.28. The van der Waals surface area contributed by atoms with Crippen molar-refractivity contribution in [2.24, 2.45) is 0 Å². The summed E-state index contributed by atoms with van der Waals surface area (Å²) in [6.07, 6.45) is 10.9. The minimum absolute atomic E-state index is 0.113. The molecule has 0 unspecified atom stereocenters. The van der Waals surface area contributed by atoms with E-state index < -0.39 is 0 Å². The molecular weight excluding hydrogens is 472 g/mol. The Labute approximate surface area is 226 Å². The molecule has 1 fully saturated rings. The number of piperidine rings is 1. The lowest BCUT2D eigenvalue weighted by Crippen LogP contribution is -2.47. The van der Waals surface area contributed by atoms with Crippen LogP contribution in [0, 0.1) is 0 Å². The molecule has 2 aliphatic heterocycles. The highest BCUT2D eigenvalue weighted by atomic mass is 16.2. The Bertz CT molecular complexity index is 1250. The zero-order valence-electron chi connectivity index (χ0n) is 22.6. The van der Waals surface area contributed by atoms with E-state index in [1.54, 1.807) is 13.1 Å². The number of fused-ring (bicyclic) bond motifs is 2. The molecule has 0 saturated carbocycles. The van der Waals surface area contributed by atoms with Crippen LogP contribution in [-0.4, -0.2) is 58.8 Å². The third-order valence-electron chi connectivity index (χ3n) is 8.23. The minimum atomic E-state index is 0.113. The van der Waals surface area contributed by atoms with E-state index in [-0.39, 0.29) is 11.8 Å². The van der Waals surface area contributed by atoms with E-state index in [2.05, 4.69) is 28.1 Å². The van der Waals surface area contributed by atoms with Crippen molar-refractivity contribution in [1.29, 1.82) is 0 Å². The van der Waals surface area contributed by atoms with Gasteiger partial charge in [0.1, 0.15) is 0 Å². The number of carbonyl (C=O) groups excluding carboxylic acids is 2. The number of benzene rings is 2. The predicted molar refractivity (Wildman–Crippen MR) is 153 cm³/mol. The summed E-state index contributed by atoms with van der Waals surface area (Å²) in [6.45, 7) is 5.92. The number of nitrogens with zero attached hydrogens (tertiary/aromatic N) is 4. The Balaban J connectivity index is 1.29. The Morgan fingerprint density at radius 3 is 2.34 bits per heavy atom. The lowest BCUT2D eigenvalue weighted by molar-refractivity contribution is -0.116. The first-order valence-corrected chi connectivity index (χ1v) is 14.3. The smallest absolute Gasteiger partial charge is 0.253 e. The fourth-order valence-corrected chi connectivity index (χ4v) is 6.08. The van der Waals surface area contributed by atoms with Crippen LogP contribution in [0.25, 0.3) is 10.9 Å². The molecule has 0 spiro atoms. The minimum Gasteiger partial charge on any atom is -0.339 e. The molecule has 0 N–H and O–H groups in total. The van der Waals surface area contributed by atoms with Gasteiger partial charge in [0, 0.05) is 62.0 Å². The molecule has 3 aromatic rings. The number of hydrogen-bond donors (Lipinski definition) is 0. The van der Waals surface area contributed by atoms with E-state index in [1.165, 1.54) is 37.7 Å². The quantitative estimate of drug-likeness (QED) is 0.420. The standard InChI is InChI=1S/C32H40N4O2/c1-25(37)36-20-9-5-3-2-4-8-19-35(24-28-11-6-7-13-31(28)36)29-16-21-34(22-17-29)32(38)27-14-15-30-26(23-27)12-10-18-33-30/h6-7,10-15,18,23,29H,2-5,8-9,16-17,19-22,24H2,1H3. The maximum Gasteiger partial charge on any atom is 0.253 e. The van der Waals surface area contributed by atoms with Crippen molar-refractivity contribution in [3.05, 3.63) is 71.9 Å². The monoisotopic (exact) mass is 512 g/mol. The number of pyridine rings is 1. The summed E-state index contributed by atoms with van der Waals surface area (Å²) in [5.41, 5.74) is 3.94. The van der Waals surface area contributed by atoms with Crippen molar-refractivity contribution in [1.82, 2.24) is 14.8 Å². The summed E-state index contributed by atoms with van der Waals surface area (Å²) in [5.74, 6) is 0.233. The van der Waals surface area contributed by atoms with Gasteiger partial charge in [-0.05, 0) is 68.1 Å². The zero-order chi connectivity index (χ0) is 26.3. The maximum atomic E-state index is 13.3. The number of hydrogen-bond acceptors (Lipinski definition) is 4. The van der Waals surface area contributed by atoms with E-state index >= 15 is 0 Å². The van der Waals surface area contributed by atoms with Gasteiger partial charge in [-0.15, -0.1) is 0 Å². The Kier molecular flexibility index (Phi) is 8.69. The second-order valence-corrected chi connectivity index (χ2v) is 10.8. The maximum absolute atomic E-state index is 13.3. The first-order valence-electron chi connectivity index (χ1n) is 14.3. The lowest BCUT2D eigenvalue weighted by Gasteiger charge is -2.39. The van der Waals surface area contributed by atoms with Crippen LogP contribution in [0.4, 0.5) is 5.69 Å². The van der Waals surface area contributed by atoms with Gasteiger partial charge in [0.05, 0.1) is 5.52 Å². The second kappa shape index (κ2) is 12.5. The van der Waals surface area contributed by atoms with Gasteiger partial charge < -0.3 is 9.80 Å². The van der Waals surface area contributed by atoms with E-state index in [1.807, 2.05) is 46.2 Å². The van der Waals surface area contributed by atoms with Gasteiger partial charge in [-0.2, -0.15) is 0 Å². The summed E-state index contributed by atoms with van der Waals surface area (Å²) in [7, 11) is 0. The molecule has 2 aliphatic rings. The largest absolute Gasteiger partial charge is 0.339 e. The van der Waals surface area contributed by atoms with Crippen LogP contribution in [0.5, 0.6) is 0 Å². The zero-order valence-corrected chi connectivity index (χ0v) is 22.6. The molecular formula is C32H40N4O2. The van der Waals surface area contributed by atoms with Gasteiger partial charge in [0.2, 0.25) is 5.91 Å². The topological polar surface area (TPSA) is 56.8 Å². The average molecular weight is 513 g/mol. The number of para-hydroxylation sites is 1. The van der Waals surface area contributed by atoms with E-state index in [4.69, 9.17) is 0 Å². The van der Waals surface area contributed by atoms with E-state index in [0.717, 1.165) is 74.1 Å². The molecule has 0 bridgehead atoms. The Hall–Kier alpha value is -3.25. The molecule has 0 atom stereocenters. The Morgan fingerprint density at radius 2 is 1.55 bits per heavy atom. The van der Waals surface area contributed by atoms with Crippen LogP contribution >= 0.6 is 0 Å². The van der Waals surface area contributed by atoms with Gasteiger partial charge in [0.25, 0.3) is 5.91 Å². The molecule has 2 amide bonds. The average Bonchev–Trinajstić information content (AvgIpc) is 2.97. The van der Waals surface area contributed by atoms with Crippen LogP contribution in [0.3, 0.4) is 0 Å². The number of aromatic nitrogens is 1. The fraction of sp³-hybridized carbons (Fsp3) is 0.469. The van der Waals surface area contributed by atoms with Gasteiger partial charge in [-0.3, -0.25) is 19.5 Å². The highest BCUT2D eigenvalue weighted by Gasteiger charge is 2.28. The van der Waals surface area contributed by atoms with Crippen molar-refractivity contribution in [2.75, 3.05) is 31.1 Å². The van der Waals surface area contributed by atoms with Crippen LogP contribution in [0.2, 0.25) is 0 Å². The van der Waals surface area contributed by atoms with Gasteiger partial charge >= 0.3 is 0 Å². The fourth-order valence-electron chi connectivity index (χ4n) is 6.08. The number of carbonyl (C=O) groups is 2. The molecule has 2 aromatic carbocycles. The normalized spacial score (nSPS) is 18.8. The van der Waals surface area contributed by atoms with E-state index in [0.29, 0.717) is 6.04 Å². The predicted octanol–water partition coefficient (Wildman–Crippen LogP) is 6.05. The Morgan fingerprint density at radius 1 is 0.816 bits per heavy atom. The van der Waals surface area contributed by atoms with E-state index in [9.17, 15) is 9.59 Å². The molecule has 1 saturated heterocycles. The first kappa shape index (κ1) is 26.4. The molecule has 6 heteroatoms. The van der Waals surface area contributed by atoms with Gasteiger partial charge in [-0.25, -0.2) is 0 Å². The summed E-state index contributed by atoms with van der Waals surface area (Å²) < 4.78 is 0. The van der Waals surface area contributed by atoms with Crippen molar-refractivity contribution in [2.45, 2.75) is 70.9 Å². The van der Waals surface area contributed by atoms with Crippen molar-refractivity contribution >= 4 is 28.4 Å². The number of likely N-dealkylation sites (tertiary alicyclic amines) is 1. The third kappa shape index (κ3) is 6.24. The molecule has 0 radical (unpaired) electrons. The molecule has 3 heterocycles. The van der Waals surface area contributed by atoms with Crippen molar-refractivity contribution in [3.8, 4) is 0 Å². The van der Waals surface area contributed by atoms with Gasteiger partial charge in [-0.1, -0.05) is 49.9 Å².